The van der Waals surface area contributed by atoms with Gasteiger partial charge in [0, 0.05) is 42.3 Å². The molecular formula is C25H28Cl3N3O2. The van der Waals surface area contributed by atoms with Crippen molar-refractivity contribution in [2.75, 3.05) is 39.4 Å². The van der Waals surface area contributed by atoms with Crippen LogP contribution in [0.4, 0.5) is 0 Å². The fourth-order valence-electron chi connectivity index (χ4n) is 3.85. The van der Waals surface area contributed by atoms with Crippen molar-refractivity contribution in [2.45, 2.75) is 6.92 Å². The molecule has 0 aliphatic carbocycles. The van der Waals surface area contributed by atoms with E-state index in [0.29, 0.717) is 22.8 Å². The smallest absolute Gasteiger partial charge is 0.253 e. The summed E-state index contributed by atoms with van der Waals surface area (Å²) in [4.78, 5) is 20.3. The van der Waals surface area contributed by atoms with E-state index < -0.39 is 0 Å². The number of aromatic nitrogens is 1. The van der Waals surface area contributed by atoms with Crippen LogP contribution in [0.2, 0.25) is 5.02 Å². The molecule has 1 amide bonds. The van der Waals surface area contributed by atoms with Gasteiger partial charge in [0.25, 0.3) is 5.91 Å². The number of rotatable bonds is 6. The van der Waals surface area contributed by atoms with Gasteiger partial charge in [-0.15, -0.1) is 24.8 Å². The summed E-state index contributed by atoms with van der Waals surface area (Å²) in [6, 6.07) is 19.5. The molecule has 4 rings (SSSR count). The molecule has 2 aromatic carbocycles. The standard InChI is InChI=1S/C25H26ClN3O2.2ClH/c1-18-24(25(30)27-11-12-29-13-15-31-16-14-29)21(20-9-5-6-10-22(20)26)17-23(28-18)19-7-3-2-4-8-19;;/h2-10,17H,11-16H2,1H3,(H,27,30);2*1H. The molecule has 176 valence electrons. The van der Waals surface area contributed by atoms with Crippen LogP contribution in [0, 0.1) is 6.92 Å². The zero-order valence-corrected chi connectivity index (χ0v) is 20.8. The zero-order chi connectivity index (χ0) is 21.6. The van der Waals surface area contributed by atoms with E-state index in [-0.39, 0.29) is 30.7 Å². The Morgan fingerprint density at radius 1 is 1.03 bits per heavy atom. The lowest BCUT2D eigenvalue weighted by atomic mass is 9.96. The van der Waals surface area contributed by atoms with E-state index in [4.69, 9.17) is 21.3 Å². The number of morpholine rings is 1. The number of hydrogen-bond acceptors (Lipinski definition) is 4. The van der Waals surface area contributed by atoms with E-state index in [1.165, 1.54) is 0 Å². The Balaban J connectivity index is 0.00000193. The number of hydrogen-bond donors (Lipinski definition) is 1. The van der Waals surface area contributed by atoms with Crippen LogP contribution >= 0.6 is 36.4 Å². The summed E-state index contributed by atoms with van der Waals surface area (Å²) in [5.41, 5.74) is 4.68. The Kier molecular flexibility index (Phi) is 10.6. The second-order valence-corrected chi connectivity index (χ2v) is 7.98. The van der Waals surface area contributed by atoms with Gasteiger partial charge in [-0.2, -0.15) is 0 Å². The van der Waals surface area contributed by atoms with Crippen molar-refractivity contribution in [1.82, 2.24) is 15.2 Å². The van der Waals surface area contributed by atoms with Gasteiger partial charge in [0.1, 0.15) is 0 Å². The van der Waals surface area contributed by atoms with Crippen molar-refractivity contribution in [2.24, 2.45) is 0 Å². The van der Waals surface area contributed by atoms with Gasteiger partial charge in [0.05, 0.1) is 30.2 Å². The number of pyridine rings is 1. The molecule has 1 aliphatic rings. The zero-order valence-electron chi connectivity index (χ0n) is 18.4. The number of ether oxygens (including phenoxy) is 1. The van der Waals surface area contributed by atoms with E-state index in [1.807, 2.05) is 67.6 Å². The lowest BCUT2D eigenvalue weighted by molar-refractivity contribution is 0.0383. The Bertz CT molecular complexity index is 1060. The molecule has 1 fully saturated rings. The predicted octanol–water partition coefficient (Wildman–Crippen LogP) is 5.28. The molecule has 1 saturated heterocycles. The number of halogens is 3. The summed E-state index contributed by atoms with van der Waals surface area (Å²) in [5.74, 6) is -0.132. The van der Waals surface area contributed by atoms with Crippen LogP contribution < -0.4 is 5.32 Å². The molecule has 1 aliphatic heterocycles. The van der Waals surface area contributed by atoms with E-state index in [2.05, 4.69) is 10.2 Å². The van der Waals surface area contributed by atoms with Crippen molar-refractivity contribution < 1.29 is 9.53 Å². The normalized spacial score (nSPS) is 13.5. The molecule has 8 heteroatoms. The molecule has 0 radical (unpaired) electrons. The molecule has 0 unspecified atom stereocenters. The molecule has 0 spiro atoms. The summed E-state index contributed by atoms with van der Waals surface area (Å²) in [5, 5.41) is 3.68. The van der Waals surface area contributed by atoms with E-state index >= 15 is 0 Å². The van der Waals surface area contributed by atoms with Crippen LogP contribution in [0.3, 0.4) is 0 Å². The maximum atomic E-state index is 13.2. The molecular weight excluding hydrogens is 481 g/mol. The average molecular weight is 509 g/mol. The third kappa shape index (κ3) is 6.69. The van der Waals surface area contributed by atoms with Gasteiger partial charge >= 0.3 is 0 Å². The van der Waals surface area contributed by atoms with Gasteiger partial charge < -0.3 is 10.1 Å². The summed E-state index contributed by atoms with van der Waals surface area (Å²) in [6.45, 7) is 6.53. The number of amides is 1. The fourth-order valence-corrected chi connectivity index (χ4v) is 4.09. The minimum atomic E-state index is -0.132. The second-order valence-electron chi connectivity index (χ2n) is 7.57. The van der Waals surface area contributed by atoms with Gasteiger partial charge in [-0.3, -0.25) is 14.7 Å². The monoisotopic (exact) mass is 507 g/mol. The van der Waals surface area contributed by atoms with Crippen molar-refractivity contribution in [3.63, 3.8) is 0 Å². The molecule has 0 saturated carbocycles. The van der Waals surface area contributed by atoms with Crippen LogP contribution in [-0.4, -0.2) is 55.2 Å². The highest BCUT2D eigenvalue weighted by molar-refractivity contribution is 6.33. The average Bonchev–Trinajstić information content (AvgIpc) is 2.80. The number of aryl methyl sites for hydroxylation is 1. The van der Waals surface area contributed by atoms with Crippen molar-refractivity contribution in [1.29, 1.82) is 0 Å². The number of carbonyl (C=O) groups excluding carboxylic acids is 1. The number of benzene rings is 2. The Labute approximate surface area is 212 Å². The second kappa shape index (κ2) is 12.9. The van der Waals surface area contributed by atoms with Crippen LogP contribution in [-0.2, 0) is 4.74 Å². The lowest BCUT2D eigenvalue weighted by Gasteiger charge is -2.26. The summed E-state index contributed by atoms with van der Waals surface area (Å²) in [6.07, 6.45) is 0. The van der Waals surface area contributed by atoms with Crippen molar-refractivity contribution in [3.8, 4) is 22.4 Å². The van der Waals surface area contributed by atoms with Crippen LogP contribution in [0.5, 0.6) is 0 Å². The van der Waals surface area contributed by atoms with Gasteiger partial charge in [-0.25, -0.2) is 0 Å². The Morgan fingerprint density at radius 3 is 2.39 bits per heavy atom. The van der Waals surface area contributed by atoms with Gasteiger partial charge in [0.15, 0.2) is 0 Å². The highest BCUT2D eigenvalue weighted by atomic mass is 35.5. The first-order valence-corrected chi connectivity index (χ1v) is 10.9. The first kappa shape index (κ1) is 27.1. The molecule has 0 atom stereocenters. The molecule has 1 N–H and O–H groups in total. The molecule has 5 nitrogen and oxygen atoms in total. The van der Waals surface area contributed by atoms with Gasteiger partial charge in [0.2, 0.25) is 0 Å². The summed E-state index contributed by atoms with van der Waals surface area (Å²) >= 11 is 6.52. The molecule has 0 bridgehead atoms. The maximum absolute atomic E-state index is 13.2. The Hall–Kier alpha value is -2.15. The van der Waals surface area contributed by atoms with Crippen molar-refractivity contribution >= 4 is 42.3 Å². The lowest BCUT2D eigenvalue weighted by Crippen LogP contribution is -2.41. The highest BCUT2D eigenvalue weighted by Crippen LogP contribution is 2.34. The minimum absolute atomic E-state index is 0. The molecule has 3 aromatic rings. The predicted molar refractivity (Wildman–Crippen MR) is 139 cm³/mol. The third-order valence-corrected chi connectivity index (χ3v) is 5.81. The van der Waals surface area contributed by atoms with Crippen LogP contribution in [0.25, 0.3) is 22.4 Å². The van der Waals surface area contributed by atoms with E-state index in [9.17, 15) is 4.79 Å². The summed E-state index contributed by atoms with van der Waals surface area (Å²) < 4.78 is 5.39. The summed E-state index contributed by atoms with van der Waals surface area (Å²) in [7, 11) is 0. The van der Waals surface area contributed by atoms with Gasteiger partial charge in [-0.05, 0) is 24.6 Å². The minimum Gasteiger partial charge on any atom is -0.379 e. The number of nitrogens with zero attached hydrogens (tertiary/aromatic N) is 2. The first-order chi connectivity index (χ1) is 15.1. The third-order valence-electron chi connectivity index (χ3n) is 5.48. The topological polar surface area (TPSA) is 54.5 Å². The van der Waals surface area contributed by atoms with Crippen LogP contribution in [0.15, 0.2) is 60.7 Å². The molecule has 33 heavy (non-hydrogen) atoms. The largest absolute Gasteiger partial charge is 0.379 e. The number of carbonyl (C=O) groups is 1. The van der Waals surface area contributed by atoms with Gasteiger partial charge in [-0.1, -0.05) is 60.1 Å². The Morgan fingerprint density at radius 2 is 1.70 bits per heavy atom. The van der Waals surface area contributed by atoms with E-state index in [1.54, 1.807) is 0 Å². The molecule has 1 aromatic heterocycles. The quantitative estimate of drug-likeness (QED) is 0.492. The molecule has 2 heterocycles. The highest BCUT2D eigenvalue weighted by Gasteiger charge is 2.20. The fraction of sp³-hybridized carbons (Fsp3) is 0.280. The van der Waals surface area contributed by atoms with Crippen molar-refractivity contribution in [3.05, 3.63) is 76.9 Å². The SMILES string of the molecule is Cc1nc(-c2ccccc2)cc(-c2ccccc2Cl)c1C(=O)NCCN1CCOCC1.Cl.Cl. The van der Waals surface area contributed by atoms with Crippen LogP contribution in [0.1, 0.15) is 16.1 Å². The number of nitrogens with one attached hydrogen (secondary N) is 1. The maximum Gasteiger partial charge on any atom is 0.253 e. The van der Waals surface area contributed by atoms with E-state index in [0.717, 1.165) is 55.2 Å². The first-order valence-electron chi connectivity index (χ1n) is 10.5.